The maximum absolute atomic E-state index is 13.4. The van der Waals surface area contributed by atoms with Gasteiger partial charge in [0.25, 0.3) is 0 Å². The van der Waals surface area contributed by atoms with Gasteiger partial charge in [0.1, 0.15) is 0 Å². The van der Waals surface area contributed by atoms with Gasteiger partial charge in [-0.2, -0.15) is 0 Å². The standard InChI is InChI=1S/C21H18N2O5/c1-22-13-6-7-14(12-5-3-2-4-11(12)13)23-19(26)16-17(20(23)27)21(8-9-24)10-15(25)18(16)28-21/h2-7,15-18,24-25H,8-10H2/t15-,16+,17+,18?,21?/m1/s1. The van der Waals surface area contributed by atoms with Crippen molar-refractivity contribution >= 4 is 34.0 Å². The third-order valence-corrected chi connectivity index (χ3v) is 6.35. The Morgan fingerprint density at radius 3 is 2.64 bits per heavy atom. The van der Waals surface area contributed by atoms with E-state index >= 15 is 0 Å². The number of aliphatic hydroxyl groups is 2. The summed E-state index contributed by atoms with van der Waals surface area (Å²) in [5.74, 6) is -2.21. The molecular weight excluding hydrogens is 360 g/mol. The van der Waals surface area contributed by atoms with Crippen molar-refractivity contribution < 1.29 is 24.5 Å². The van der Waals surface area contributed by atoms with Crippen LogP contribution < -0.4 is 4.90 Å². The fraction of sp³-hybridized carbons (Fsp3) is 0.381. The van der Waals surface area contributed by atoms with Crippen molar-refractivity contribution in [2.75, 3.05) is 11.5 Å². The van der Waals surface area contributed by atoms with Gasteiger partial charge >= 0.3 is 0 Å². The summed E-state index contributed by atoms with van der Waals surface area (Å²) < 4.78 is 5.91. The maximum atomic E-state index is 13.4. The lowest BCUT2D eigenvalue weighted by Crippen LogP contribution is -2.45. The molecule has 28 heavy (non-hydrogen) atoms. The fourth-order valence-corrected chi connectivity index (χ4v) is 5.26. The molecular formula is C21H18N2O5. The number of amides is 2. The van der Waals surface area contributed by atoms with Crippen LogP contribution in [0.2, 0.25) is 0 Å². The predicted octanol–water partition coefficient (Wildman–Crippen LogP) is 1.78. The number of fused-ring (bicyclic) bond motifs is 6. The van der Waals surface area contributed by atoms with Crippen LogP contribution in [0.25, 0.3) is 15.6 Å². The van der Waals surface area contributed by atoms with E-state index in [1.807, 2.05) is 6.07 Å². The number of hydrogen-bond donors (Lipinski definition) is 2. The fourth-order valence-electron chi connectivity index (χ4n) is 5.26. The minimum absolute atomic E-state index is 0.188. The Morgan fingerprint density at radius 1 is 1.18 bits per heavy atom. The highest BCUT2D eigenvalue weighted by Gasteiger charge is 2.72. The van der Waals surface area contributed by atoms with E-state index in [2.05, 4.69) is 4.85 Å². The summed E-state index contributed by atoms with van der Waals surface area (Å²) in [4.78, 5) is 31.4. The molecule has 0 spiro atoms. The van der Waals surface area contributed by atoms with E-state index in [9.17, 15) is 19.8 Å². The zero-order chi connectivity index (χ0) is 19.6. The topological polar surface area (TPSA) is 91.4 Å². The molecule has 2 N–H and O–H groups in total. The number of hydrogen-bond acceptors (Lipinski definition) is 5. The van der Waals surface area contributed by atoms with E-state index in [1.54, 1.807) is 30.3 Å². The minimum atomic E-state index is -1.00. The van der Waals surface area contributed by atoms with Gasteiger partial charge < -0.3 is 14.9 Å². The zero-order valence-corrected chi connectivity index (χ0v) is 14.9. The molecule has 7 heteroatoms. The van der Waals surface area contributed by atoms with Crippen molar-refractivity contribution in [3.8, 4) is 0 Å². The molecule has 142 valence electrons. The first-order chi connectivity index (χ1) is 13.5. The number of imide groups is 1. The van der Waals surface area contributed by atoms with Gasteiger partial charge in [0.2, 0.25) is 11.8 Å². The molecule has 5 rings (SSSR count). The number of carbonyl (C=O) groups is 2. The molecule has 2 amide bonds. The molecule has 2 aromatic carbocycles. The summed E-state index contributed by atoms with van der Waals surface area (Å²) in [5.41, 5.74) is -0.105. The van der Waals surface area contributed by atoms with Crippen LogP contribution in [0.15, 0.2) is 36.4 Å². The van der Waals surface area contributed by atoms with Gasteiger partial charge in [0, 0.05) is 19.4 Å². The maximum Gasteiger partial charge on any atom is 0.240 e. The average molecular weight is 378 g/mol. The van der Waals surface area contributed by atoms with E-state index < -0.39 is 29.6 Å². The van der Waals surface area contributed by atoms with Crippen LogP contribution in [0.3, 0.4) is 0 Å². The molecule has 2 bridgehead atoms. The first kappa shape index (κ1) is 17.3. The Hall–Kier alpha value is -2.79. The molecule has 3 aliphatic rings. The molecule has 2 unspecified atom stereocenters. The van der Waals surface area contributed by atoms with Crippen molar-refractivity contribution in [3.63, 3.8) is 0 Å². The van der Waals surface area contributed by atoms with Gasteiger partial charge in [-0.1, -0.05) is 30.3 Å². The van der Waals surface area contributed by atoms with Crippen LogP contribution >= 0.6 is 0 Å². The molecule has 3 heterocycles. The molecule has 3 fully saturated rings. The van der Waals surface area contributed by atoms with Crippen molar-refractivity contribution in [2.24, 2.45) is 11.8 Å². The second-order valence-corrected chi connectivity index (χ2v) is 7.67. The summed E-state index contributed by atoms with van der Waals surface area (Å²) in [6.07, 6.45) is -1.12. The molecule has 3 aliphatic heterocycles. The Bertz CT molecular complexity index is 1060. The summed E-state index contributed by atoms with van der Waals surface area (Å²) in [7, 11) is 0. The predicted molar refractivity (Wildman–Crippen MR) is 99.6 cm³/mol. The Kier molecular flexibility index (Phi) is 3.62. The molecule has 0 radical (unpaired) electrons. The molecule has 5 atom stereocenters. The van der Waals surface area contributed by atoms with Crippen LogP contribution in [0.1, 0.15) is 12.8 Å². The Balaban J connectivity index is 1.65. The van der Waals surface area contributed by atoms with Gasteiger partial charge in [0.05, 0.1) is 41.9 Å². The minimum Gasteiger partial charge on any atom is -0.396 e. The number of anilines is 1. The van der Waals surface area contributed by atoms with Gasteiger partial charge in [0.15, 0.2) is 5.69 Å². The molecule has 3 saturated heterocycles. The molecule has 7 nitrogen and oxygen atoms in total. The highest BCUT2D eigenvalue weighted by atomic mass is 16.5. The zero-order valence-electron chi connectivity index (χ0n) is 14.9. The number of benzene rings is 2. The van der Waals surface area contributed by atoms with Crippen molar-refractivity contribution in [2.45, 2.75) is 30.7 Å². The van der Waals surface area contributed by atoms with Crippen molar-refractivity contribution in [1.82, 2.24) is 0 Å². The van der Waals surface area contributed by atoms with E-state index in [4.69, 9.17) is 11.3 Å². The highest BCUT2D eigenvalue weighted by Crippen LogP contribution is 2.57. The normalized spacial score (nSPS) is 33.5. The molecule has 2 aromatic rings. The first-order valence-electron chi connectivity index (χ1n) is 9.26. The molecule has 0 aliphatic carbocycles. The SMILES string of the molecule is [C-]#[N+]c1ccc(N2C(=O)[C@@H]3C4OC(CCO)(C[C@H]4O)[C@@H]3C2=O)c2ccccc12. The number of carbonyl (C=O) groups excluding carboxylic acids is 2. The lowest BCUT2D eigenvalue weighted by atomic mass is 9.70. The summed E-state index contributed by atoms with van der Waals surface area (Å²) in [6, 6.07) is 10.4. The van der Waals surface area contributed by atoms with E-state index in [0.717, 1.165) is 0 Å². The largest absolute Gasteiger partial charge is 0.396 e. The van der Waals surface area contributed by atoms with Crippen molar-refractivity contribution in [1.29, 1.82) is 0 Å². The van der Waals surface area contributed by atoms with Gasteiger partial charge in [-0.25, -0.2) is 9.74 Å². The average Bonchev–Trinajstić information content (AvgIpc) is 3.28. The van der Waals surface area contributed by atoms with Crippen LogP contribution in [0, 0.1) is 18.4 Å². The number of rotatable bonds is 3. The lowest BCUT2D eigenvalue weighted by molar-refractivity contribution is -0.128. The number of ether oxygens (including phenoxy) is 1. The number of nitrogens with zero attached hydrogens (tertiary/aromatic N) is 2. The van der Waals surface area contributed by atoms with E-state index in [1.165, 1.54) is 4.90 Å². The van der Waals surface area contributed by atoms with Crippen LogP contribution in [0.4, 0.5) is 11.4 Å². The van der Waals surface area contributed by atoms with E-state index in [0.29, 0.717) is 22.1 Å². The monoisotopic (exact) mass is 378 g/mol. The van der Waals surface area contributed by atoms with Crippen LogP contribution in [-0.4, -0.2) is 46.4 Å². The summed E-state index contributed by atoms with van der Waals surface area (Å²) in [6.45, 7) is 7.16. The Morgan fingerprint density at radius 2 is 1.93 bits per heavy atom. The lowest BCUT2D eigenvalue weighted by Gasteiger charge is -2.31. The quantitative estimate of drug-likeness (QED) is 0.628. The molecule has 0 aromatic heterocycles. The van der Waals surface area contributed by atoms with Gasteiger partial charge in [-0.3, -0.25) is 9.59 Å². The summed E-state index contributed by atoms with van der Waals surface area (Å²) >= 11 is 0. The Labute approximate surface area is 160 Å². The number of aliphatic hydroxyl groups excluding tert-OH is 2. The van der Waals surface area contributed by atoms with Crippen LogP contribution in [-0.2, 0) is 14.3 Å². The summed E-state index contributed by atoms with van der Waals surface area (Å²) in [5, 5.41) is 21.2. The van der Waals surface area contributed by atoms with Gasteiger partial charge in [-0.05, 0) is 16.8 Å². The third-order valence-electron chi connectivity index (χ3n) is 6.35. The van der Waals surface area contributed by atoms with Crippen LogP contribution in [0.5, 0.6) is 0 Å². The van der Waals surface area contributed by atoms with Gasteiger partial charge in [-0.15, -0.1) is 0 Å². The van der Waals surface area contributed by atoms with E-state index in [-0.39, 0.29) is 31.3 Å². The van der Waals surface area contributed by atoms with Crippen molar-refractivity contribution in [3.05, 3.63) is 47.8 Å². The highest BCUT2D eigenvalue weighted by molar-refractivity contribution is 6.26. The molecule has 0 saturated carbocycles. The second-order valence-electron chi connectivity index (χ2n) is 7.67. The smallest absolute Gasteiger partial charge is 0.240 e. The first-order valence-corrected chi connectivity index (χ1v) is 9.26. The second kappa shape index (κ2) is 5.85. The third kappa shape index (κ3) is 2.02.